The van der Waals surface area contributed by atoms with Crippen molar-refractivity contribution < 1.29 is 14.4 Å². The number of carbonyl (C=O) groups is 3. The number of imide groups is 1. The highest BCUT2D eigenvalue weighted by molar-refractivity contribution is 6.22. The third-order valence-corrected chi connectivity index (χ3v) is 4.47. The zero-order valence-electron chi connectivity index (χ0n) is 15.7. The fourth-order valence-corrected chi connectivity index (χ4v) is 3.17. The van der Waals surface area contributed by atoms with Gasteiger partial charge in [-0.2, -0.15) is 0 Å². The number of nitrogens with zero attached hydrogens (tertiary/aromatic N) is 1. The van der Waals surface area contributed by atoms with E-state index < -0.39 is 0 Å². The summed E-state index contributed by atoms with van der Waals surface area (Å²) >= 11 is 0. The summed E-state index contributed by atoms with van der Waals surface area (Å²) in [5.41, 5.74) is 3.52. The molecule has 0 unspecified atom stereocenters. The topological polar surface area (TPSA) is 78.5 Å². The second-order valence-electron chi connectivity index (χ2n) is 6.95. The summed E-state index contributed by atoms with van der Waals surface area (Å²) in [5.74, 6) is -0.618. The SMILES string of the molecule is Cc1cccc(CCNC(=O)Nc2ccc3c(c2)C(=O)N(C(C)C)C3=O)c1. The van der Waals surface area contributed by atoms with Crippen LogP contribution in [0.4, 0.5) is 10.5 Å². The van der Waals surface area contributed by atoms with Crippen molar-refractivity contribution in [2.24, 2.45) is 0 Å². The number of hydrogen-bond donors (Lipinski definition) is 2. The van der Waals surface area contributed by atoms with Crippen LogP contribution in [0.1, 0.15) is 45.7 Å². The normalized spacial score (nSPS) is 13.1. The van der Waals surface area contributed by atoms with Gasteiger partial charge in [0, 0.05) is 18.3 Å². The molecule has 27 heavy (non-hydrogen) atoms. The van der Waals surface area contributed by atoms with Crippen LogP contribution in [0, 0.1) is 6.92 Å². The van der Waals surface area contributed by atoms with E-state index in [2.05, 4.69) is 16.7 Å². The van der Waals surface area contributed by atoms with Gasteiger partial charge in [-0.3, -0.25) is 14.5 Å². The molecular weight excluding hydrogens is 342 g/mol. The molecule has 0 atom stereocenters. The number of benzene rings is 2. The van der Waals surface area contributed by atoms with Crippen LogP contribution in [0.2, 0.25) is 0 Å². The van der Waals surface area contributed by atoms with Gasteiger partial charge < -0.3 is 10.6 Å². The summed E-state index contributed by atoms with van der Waals surface area (Å²) < 4.78 is 0. The summed E-state index contributed by atoms with van der Waals surface area (Å²) in [4.78, 5) is 38.0. The number of carbonyl (C=O) groups excluding carboxylic acids is 3. The first-order valence-electron chi connectivity index (χ1n) is 8.99. The molecule has 3 rings (SSSR count). The highest BCUT2D eigenvalue weighted by atomic mass is 16.2. The van der Waals surface area contributed by atoms with E-state index in [4.69, 9.17) is 0 Å². The van der Waals surface area contributed by atoms with Crippen molar-refractivity contribution in [3.8, 4) is 0 Å². The van der Waals surface area contributed by atoms with Crippen LogP contribution in [-0.2, 0) is 6.42 Å². The molecule has 0 saturated heterocycles. The zero-order chi connectivity index (χ0) is 19.6. The van der Waals surface area contributed by atoms with E-state index in [0.717, 1.165) is 12.0 Å². The maximum atomic E-state index is 12.4. The number of aryl methyl sites for hydroxylation is 1. The van der Waals surface area contributed by atoms with Crippen LogP contribution in [-0.4, -0.2) is 35.3 Å². The average molecular weight is 365 g/mol. The van der Waals surface area contributed by atoms with Crippen molar-refractivity contribution in [2.75, 3.05) is 11.9 Å². The van der Waals surface area contributed by atoms with Crippen LogP contribution in [0.5, 0.6) is 0 Å². The monoisotopic (exact) mass is 365 g/mol. The predicted molar refractivity (Wildman–Crippen MR) is 104 cm³/mol. The molecule has 0 radical (unpaired) electrons. The van der Waals surface area contributed by atoms with E-state index in [-0.39, 0.29) is 23.9 Å². The minimum atomic E-state index is -0.347. The van der Waals surface area contributed by atoms with Gasteiger partial charge in [-0.05, 0) is 51.0 Å². The maximum absolute atomic E-state index is 12.4. The number of nitrogens with one attached hydrogen (secondary N) is 2. The molecule has 2 aromatic carbocycles. The van der Waals surface area contributed by atoms with E-state index >= 15 is 0 Å². The largest absolute Gasteiger partial charge is 0.338 e. The highest BCUT2D eigenvalue weighted by Crippen LogP contribution is 2.27. The standard InChI is InChI=1S/C21H23N3O3/c1-13(2)24-19(25)17-8-7-16(12-18(17)20(24)26)23-21(27)22-10-9-15-6-4-5-14(3)11-15/h4-8,11-13H,9-10H2,1-3H3,(H2,22,23,27). The Balaban J connectivity index is 1.60. The first kappa shape index (κ1) is 18.6. The van der Waals surface area contributed by atoms with Crippen molar-refractivity contribution in [1.82, 2.24) is 10.2 Å². The zero-order valence-corrected chi connectivity index (χ0v) is 15.7. The molecule has 1 aliphatic rings. The third kappa shape index (κ3) is 4.00. The van der Waals surface area contributed by atoms with Gasteiger partial charge in [0.15, 0.2) is 0 Å². The number of amides is 4. The number of urea groups is 1. The van der Waals surface area contributed by atoms with Crippen LogP contribution in [0.15, 0.2) is 42.5 Å². The Hall–Kier alpha value is -3.15. The molecule has 0 saturated carbocycles. The van der Waals surface area contributed by atoms with Gasteiger partial charge in [0.05, 0.1) is 11.1 Å². The van der Waals surface area contributed by atoms with Crippen molar-refractivity contribution in [2.45, 2.75) is 33.2 Å². The van der Waals surface area contributed by atoms with E-state index in [0.29, 0.717) is 23.4 Å². The van der Waals surface area contributed by atoms with Crippen LogP contribution >= 0.6 is 0 Å². The van der Waals surface area contributed by atoms with Crippen molar-refractivity contribution in [1.29, 1.82) is 0 Å². The molecule has 2 N–H and O–H groups in total. The molecular formula is C21H23N3O3. The van der Waals surface area contributed by atoms with Crippen molar-refractivity contribution >= 4 is 23.5 Å². The first-order chi connectivity index (χ1) is 12.9. The lowest BCUT2D eigenvalue weighted by Gasteiger charge is -2.17. The third-order valence-electron chi connectivity index (χ3n) is 4.47. The lowest BCUT2D eigenvalue weighted by atomic mass is 10.1. The number of rotatable bonds is 5. The van der Waals surface area contributed by atoms with E-state index in [1.165, 1.54) is 10.5 Å². The van der Waals surface area contributed by atoms with Gasteiger partial charge in [0.25, 0.3) is 11.8 Å². The Morgan fingerprint density at radius 2 is 1.78 bits per heavy atom. The smallest absolute Gasteiger partial charge is 0.319 e. The maximum Gasteiger partial charge on any atom is 0.319 e. The van der Waals surface area contributed by atoms with Gasteiger partial charge in [-0.1, -0.05) is 29.8 Å². The lowest BCUT2D eigenvalue weighted by molar-refractivity contribution is 0.0609. The molecule has 0 spiro atoms. The van der Waals surface area contributed by atoms with Gasteiger partial charge in [-0.15, -0.1) is 0 Å². The fraction of sp³-hybridized carbons (Fsp3) is 0.286. The van der Waals surface area contributed by atoms with Crippen LogP contribution in [0.3, 0.4) is 0 Å². The molecule has 6 heteroatoms. The van der Waals surface area contributed by atoms with Crippen molar-refractivity contribution in [3.63, 3.8) is 0 Å². The summed E-state index contributed by atoms with van der Waals surface area (Å²) in [6.45, 7) is 6.12. The summed E-state index contributed by atoms with van der Waals surface area (Å²) in [5, 5.41) is 5.52. The van der Waals surface area contributed by atoms with Gasteiger partial charge in [-0.25, -0.2) is 4.79 Å². The molecule has 6 nitrogen and oxygen atoms in total. The molecule has 2 aromatic rings. The number of anilines is 1. The van der Waals surface area contributed by atoms with Gasteiger partial charge in [0.1, 0.15) is 0 Å². The second kappa shape index (κ2) is 7.61. The van der Waals surface area contributed by atoms with E-state index in [1.807, 2.05) is 25.1 Å². The molecule has 4 amide bonds. The Morgan fingerprint density at radius 1 is 1.04 bits per heavy atom. The van der Waals surface area contributed by atoms with Gasteiger partial charge >= 0.3 is 6.03 Å². The second-order valence-corrected chi connectivity index (χ2v) is 6.95. The average Bonchev–Trinajstić information content (AvgIpc) is 2.85. The van der Waals surface area contributed by atoms with Gasteiger partial charge in [0.2, 0.25) is 0 Å². The summed E-state index contributed by atoms with van der Waals surface area (Å²) in [7, 11) is 0. The molecule has 0 aliphatic carbocycles. The number of hydrogen-bond acceptors (Lipinski definition) is 3. The van der Waals surface area contributed by atoms with Crippen LogP contribution in [0.25, 0.3) is 0 Å². The minimum absolute atomic E-state index is 0.210. The van der Waals surface area contributed by atoms with Crippen LogP contribution < -0.4 is 10.6 Å². The number of fused-ring (bicyclic) bond motifs is 1. The molecule has 1 aliphatic heterocycles. The Labute approximate surface area is 158 Å². The molecule has 0 aromatic heterocycles. The quantitative estimate of drug-likeness (QED) is 0.798. The molecule has 140 valence electrons. The first-order valence-corrected chi connectivity index (χ1v) is 8.99. The summed E-state index contributed by atoms with van der Waals surface area (Å²) in [6, 6.07) is 12.3. The predicted octanol–water partition coefficient (Wildman–Crippen LogP) is 3.36. The van der Waals surface area contributed by atoms with E-state index in [9.17, 15) is 14.4 Å². The highest BCUT2D eigenvalue weighted by Gasteiger charge is 2.37. The molecule has 0 bridgehead atoms. The van der Waals surface area contributed by atoms with Crippen molar-refractivity contribution in [3.05, 3.63) is 64.7 Å². The summed E-state index contributed by atoms with van der Waals surface area (Å²) in [6.07, 6.45) is 0.732. The van der Waals surface area contributed by atoms with E-state index in [1.54, 1.807) is 32.0 Å². The Morgan fingerprint density at radius 3 is 2.48 bits per heavy atom. The Bertz CT molecular complexity index is 905. The Kier molecular flexibility index (Phi) is 5.26. The molecule has 1 heterocycles. The lowest BCUT2D eigenvalue weighted by Crippen LogP contribution is -2.35. The minimum Gasteiger partial charge on any atom is -0.338 e. The molecule has 0 fully saturated rings. The fourth-order valence-electron chi connectivity index (χ4n) is 3.17.